The van der Waals surface area contributed by atoms with Gasteiger partial charge < -0.3 is 9.64 Å². The molecule has 1 fully saturated rings. The van der Waals surface area contributed by atoms with Crippen LogP contribution in [0.15, 0.2) is 24.3 Å². The van der Waals surface area contributed by atoms with Crippen LogP contribution in [-0.4, -0.2) is 30.5 Å². The highest BCUT2D eigenvalue weighted by Gasteiger charge is 2.25. The molecule has 1 atom stereocenters. The van der Waals surface area contributed by atoms with Gasteiger partial charge in [0.2, 0.25) is 5.91 Å². The molecule has 1 saturated heterocycles. The second-order valence-corrected chi connectivity index (χ2v) is 4.96. The predicted octanol–water partition coefficient (Wildman–Crippen LogP) is 2.20. The number of amides is 1. The van der Waals surface area contributed by atoms with Gasteiger partial charge in [-0.15, -0.1) is 0 Å². The van der Waals surface area contributed by atoms with Crippen LogP contribution < -0.4 is 4.74 Å². The van der Waals surface area contributed by atoms with E-state index in [0.717, 1.165) is 19.5 Å². The molecular formula is C15H18N2O2. The summed E-state index contributed by atoms with van der Waals surface area (Å²) in [6.07, 6.45) is 1.45. The molecule has 1 heterocycles. The molecular weight excluding hydrogens is 240 g/mol. The third-order valence-electron chi connectivity index (χ3n) is 3.25. The van der Waals surface area contributed by atoms with Crippen LogP contribution in [0.5, 0.6) is 5.75 Å². The maximum Gasteiger partial charge on any atom is 0.222 e. The van der Waals surface area contributed by atoms with Crippen molar-refractivity contribution in [2.45, 2.75) is 19.8 Å². The number of nitriles is 1. The predicted molar refractivity (Wildman–Crippen MR) is 71.6 cm³/mol. The van der Waals surface area contributed by atoms with Gasteiger partial charge in [0.1, 0.15) is 11.8 Å². The normalized spacial score (nSPS) is 18.4. The zero-order valence-corrected chi connectivity index (χ0v) is 11.1. The second-order valence-electron chi connectivity index (χ2n) is 4.96. The lowest BCUT2D eigenvalue weighted by Crippen LogP contribution is -2.27. The van der Waals surface area contributed by atoms with Crippen molar-refractivity contribution in [3.8, 4) is 11.8 Å². The highest BCUT2D eigenvalue weighted by atomic mass is 16.5. The summed E-state index contributed by atoms with van der Waals surface area (Å²) in [5, 5.41) is 8.93. The monoisotopic (exact) mass is 258 g/mol. The van der Waals surface area contributed by atoms with Crippen LogP contribution in [0.3, 0.4) is 0 Å². The van der Waals surface area contributed by atoms with Gasteiger partial charge in [-0.1, -0.05) is 19.1 Å². The fraction of sp³-hybridized carbons (Fsp3) is 0.467. The van der Waals surface area contributed by atoms with Crippen LogP contribution in [-0.2, 0) is 4.79 Å². The lowest BCUT2D eigenvalue weighted by Gasteiger charge is -2.16. The van der Waals surface area contributed by atoms with Crippen LogP contribution in [0, 0.1) is 17.2 Å². The standard InChI is InChI=1S/C15H18N2O2/c1-12-9-15(18)17(11-12)7-4-8-19-14-6-3-2-5-13(14)10-16/h2-3,5-6,12H,4,7-9,11H2,1H3. The van der Waals surface area contributed by atoms with E-state index in [0.29, 0.717) is 30.3 Å². The zero-order valence-electron chi connectivity index (χ0n) is 11.1. The Balaban J connectivity index is 1.75. The molecule has 0 N–H and O–H groups in total. The number of ether oxygens (including phenoxy) is 1. The average Bonchev–Trinajstić information content (AvgIpc) is 2.73. The Labute approximate surface area is 113 Å². The smallest absolute Gasteiger partial charge is 0.222 e. The van der Waals surface area contributed by atoms with Gasteiger partial charge in [-0.25, -0.2) is 0 Å². The van der Waals surface area contributed by atoms with Gasteiger partial charge in [0.15, 0.2) is 0 Å². The molecule has 1 amide bonds. The Morgan fingerprint density at radius 3 is 2.95 bits per heavy atom. The summed E-state index contributed by atoms with van der Waals surface area (Å²) in [6, 6.07) is 9.30. The van der Waals surface area contributed by atoms with Crippen molar-refractivity contribution in [2.75, 3.05) is 19.7 Å². The van der Waals surface area contributed by atoms with Crippen molar-refractivity contribution < 1.29 is 9.53 Å². The first kappa shape index (κ1) is 13.4. The summed E-state index contributed by atoms with van der Waals surface area (Å²) in [4.78, 5) is 13.5. The number of rotatable bonds is 5. The molecule has 1 aromatic rings. The number of hydrogen-bond acceptors (Lipinski definition) is 3. The molecule has 1 aliphatic heterocycles. The minimum atomic E-state index is 0.241. The van der Waals surface area contributed by atoms with Crippen molar-refractivity contribution in [1.29, 1.82) is 5.26 Å². The molecule has 2 rings (SSSR count). The van der Waals surface area contributed by atoms with Crippen LogP contribution in [0.4, 0.5) is 0 Å². The van der Waals surface area contributed by atoms with Crippen LogP contribution in [0.1, 0.15) is 25.3 Å². The molecule has 19 heavy (non-hydrogen) atoms. The third kappa shape index (κ3) is 3.47. The van der Waals surface area contributed by atoms with E-state index in [1.54, 1.807) is 12.1 Å². The van der Waals surface area contributed by atoms with Gasteiger partial charge in [0, 0.05) is 19.5 Å². The zero-order chi connectivity index (χ0) is 13.7. The lowest BCUT2D eigenvalue weighted by atomic mass is 10.2. The summed E-state index contributed by atoms with van der Waals surface area (Å²) in [7, 11) is 0. The summed E-state index contributed by atoms with van der Waals surface area (Å²) in [6.45, 7) is 4.21. The molecule has 0 bridgehead atoms. The van der Waals surface area contributed by atoms with Gasteiger partial charge in [0.05, 0.1) is 12.2 Å². The number of para-hydroxylation sites is 1. The maximum atomic E-state index is 11.6. The SMILES string of the molecule is CC1CC(=O)N(CCCOc2ccccc2C#N)C1. The highest BCUT2D eigenvalue weighted by Crippen LogP contribution is 2.18. The number of likely N-dealkylation sites (tertiary alicyclic amines) is 1. The molecule has 100 valence electrons. The van der Waals surface area contributed by atoms with Gasteiger partial charge in [0.25, 0.3) is 0 Å². The fourth-order valence-corrected chi connectivity index (χ4v) is 2.31. The van der Waals surface area contributed by atoms with Gasteiger partial charge in [-0.05, 0) is 24.5 Å². The molecule has 4 nitrogen and oxygen atoms in total. The highest BCUT2D eigenvalue weighted by molar-refractivity contribution is 5.78. The maximum absolute atomic E-state index is 11.6. The topological polar surface area (TPSA) is 53.3 Å². The van der Waals surface area contributed by atoms with E-state index in [9.17, 15) is 4.79 Å². The van der Waals surface area contributed by atoms with E-state index in [1.165, 1.54) is 0 Å². The molecule has 4 heteroatoms. The quantitative estimate of drug-likeness (QED) is 0.761. The van der Waals surface area contributed by atoms with E-state index in [-0.39, 0.29) is 5.91 Å². The van der Waals surface area contributed by atoms with E-state index >= 15 is 0 Å². The molecule has 1 aromatic carbocycles. The Kier molecular flexibility index (Phi) is 4.40. The largest absolute Gasteiger partial charge is 0.492 e. The summed E-state index contributed by atoms with van der Waals surface area (Å²) >= 11 is 0. The van der Waals surface area contributed by atoms with Gasteiger partial charge in [-0.3, -0.25) is 4.79 Å². The molecule has 0 saturated carbocycles. The molecule has 0 aliphatic carbocycles. The number of nitrogens with zero attached hydrogens (tertiary/aromatic N) is 2. The summed E-state index contributed by atoms with van der Waals surface area (Å²) in [5.74, 6) is 1.32. The van der Waals surface area contributed by atoms with E-state index < -0.39 is 0 Å². The Bertz CT molecular complexity index is 493. The van der Waals surface area contributed by atoms with Crippen molar-refractivity contribution in [1.82, 2.24) is 4.90 Å². The van der Waals surface area contributed by atoms with Crippen molar-refractivity contribution >= 4 is 5.91 Å². The minimum absolute atomic E-state index is 0.241. The minimum Gasteiger partial charge on any atom is -0.492 e. The van der Waals surface area contributed by atoms with Gasteiger partial charge in [-0.2, -0.15) is 5.26 Å². The second kappa shape index (κ2) is 6.24. The van der Waals surface area contributed by atoms with E-state index in [4.69, 9.17) is 10.00 Å². The lowest BCUT2D eigenvalue weighted by molar-refractivity contribution is -0.127. The first-order valence-corrected chi connectivity index (χ1v) is 6.60. The number of carbonyl (C=O) groups is 1. The first-order valence-electron chi connectivity index (χ1n) is 6.60. The molecule has 1 unspecified atom stereocenters. The van der Waals surface area contributed by atoms with Crippen molar-refractivity contribution in [2.24, 2.45) is 5.92 Å². The number of hydrogen-bond donors (Lipinski definition) is 0. The summed E-state index contributed by atoms with van der Waals surface area (Å²) in [5.41, 5.74) is 0.549. The van der Waals surface area contributed by atoms with Crippen molar-refractivity contribution in [3.63, 3.8) is 0 Å². The Hall–Kier alpha value is -2.02. The van der Waals surface area contributed by atoms with Crippen LogP contribution >= 0.6 is 0 Å². The molecule has 0 radical (unpaired) electrons. The number of carbonyl (C=O) groups excluding carboxylic acids is 1. The molecule has 0 spiro atoms. The fourth-order valence-electron chi connectivity index (χ4n) is 2.31. The summed E-state index contributed by atoms with van der Waals surface area (Å²) < 4.78 is 5.59. The molecule has 1 aliphatic rings. The van der Waals surface area contributed by atoms with Crippen LogP contribution in [0.2, 0.25) is 0 Å². The first-order chi connectivity index (χ1) is 9.20. The third-order valence-corrected chi connectivity index (χ3v) is 3.25. The van der Waals surface area contributed by atoms with E-state index in [1.807, 2.05) is 17.0 Å². The molecule has 0 aromatic heterocycles. The Morgan fingerprint density at radius 2 is 2.26 bits per heavy atom. The van der Waals surface area contributed by atoms with Crippen LogP contribution in [0.25, 0.3) is 0 Å². The van der Waals surface area contributed by atoms with E-state index in [2.05, 4.69) is 13.0 Å². The Morgan fingerprint density at radius 1 is 1.47 bits per heavy atom. The van der Waals surface area contributed by atoms with Crippen molar-refractivity contribution in [3.05, 3.63) is 29.8 Å². The van der Waals surface area contributed by atoms with Gasteiger partial charge >= 0.3 is 0 Å². The number of benzene rings is 1. The average molecular weight is 258 g/mol.